The van der Waals surface area contributed by atoms with E-state index < -0.39 is 0 Å². The summed E-state index contributed by atoms with van der Waals surface area (Å²) in [6.45, 7) is 2.27. The summed E-state index contributed by atoms with van der Waals surface area (Å²) in [5, 5.41) is 0. The molecule has 0 spiro atoms. The molecule has 0 amide bonds. The van der Waals surface area contributed by atoms with Gasteiger partial charge < -0.3 is 4.74 Å². The van der Waals surface area contributed by atoms with Crippen LogP contribution in [0.15, 0.2) is 12.2 Å². The van der Waals surface area contributed by atoms with E-state index in [9.17, 15) is 9.59 Å². The number of carbonyl (C=O) groups excluding carboxylic acids is 2. The molecule has 0 radical (unpaired) electrons. The molecule has 0 aromatic rings. The lowest BCUT2D eigenvalue weighted by atomic mass is 9.98. The maximum atomic E-state index is 11.4. The summed E-state index contributed by atoms with van der Waals surface area (Å²) in [4.78, 5) is 22.4. The van der Waals surface area contributed by atoms with Crippen molar-refractivity contribution in [3.05, 3.63) is 12.2 Å². The minimum absolute atomic E-state index is 0.158. The highest BCUT2D eigenvalue weighted by atomic mass is 16.6. The molecule has 1 atom stereocenters. The van der Waals surface area contributed by atoms with Crippen molar-refractivity contribution in [1.29, 1.82) is 0 Å². The van der Waals surface area contributed by atoms with E-state index in [-0.39, 0.29) is 17.9 Å². The van der Waals surface area contributed by atoms with Gasteiger partial charge in [-0.15, -0.1) is 0 Å². The number of rotatable bonds is 20. The number of hydrogen-bond donors (Lipinski definition) is 0. The Morgan fingerprint density at radius 2 is 1.14 bits per heavy atom. The molecule has 0 N–H and O–H groups in total. The molecule has 168 valence electrons. The summed E-state index contributed by atoms with van der Waals surface area (Å²) in [6, 6.07) is 0. The van der Waals surface area contributed by atoms with Crippen molar-refractivity contribution >= 4 is 11.9 Å². The second-order valence-electron chi connectivity index (χ2n) is 8.83. The van der Waals surface area contributed by atoms with Crippen LogP contribution in [-0.4, -0.2) is 11.9 Å². The van der Waals surface area contributed by atoms with Gasteiger partial charge >= 0.3 is 11.9 Å². The zero-order valence-electron chi connectivity index (χ0n) is 19.1. The Bertz CT molecular complexity index is 441. The SMILES string of the molecule is CCCCCC/C=C/CCCCCCCCCCCCCCC1CC(=O)OC1=O. The molecular formula is C26H46O3. The highest BCUT2D eigenvalue weighted by Gasteiger charge is 2.32. The van der Waals surface area contributed by atoms with Crippen LogP contribution in [0, 0.1) is 5.92 Å². The molecule has 3 heteroatoms. The normalized spacial score (nSPS) is 16.8. The largest absolute Gasteiger partial charge is 0.393 e. The van der Waals surface area contributed by atoms with Crippen LogP contribution in [0.2, 0.25) is 0 Å². The van der Waals surface area contributed by atoms with Gasteiger partial charge in [0.15, 0.2) is 0 Å². The summed E-state index contributed by atoms with van der Waals surface area (Å²) < 4.78 is 4.59. The van der Waals surface area contributed by atoms with Crippen LogP contribution in [0.4, 0.5) is 0 Å². The number of allylic oxidation sites excluding steroid dienone is 2. The fraction of sp³-hybridized carbons (Fsp3) is 0.846. The van der Waals surface area contributed by atoms with Crippen LogP contribution in [0.5, 0.6) is 0 Å². The minimum Gasteiger partial charge on any atom is -0.393 e. The zero-order chi connectivity index (χ0) is 21.0. The van der Waals surface area contributed by atoms with E-state index in [0.717, 1.165) is 12.8 Å². The number of hydrogen-bond acceptors (Lipinski definition) is 3. The molecule has 1 rings (SSSR count). The first-order valence-corrected chi connectivity index (χ1v) is 12.6. The van der Waals surface area contributed by atoms with Gasteiger partial charge in [-0.25, -0.2) is 0 Å². The summed E-state index contributed by atoms with van der Waals surface area (Å²) >= 11 is 0. The topological polar surface area (TPSA) is 43.4 Å². The predicted molar refractivity (Wildman–Crippen MR) is 122 cm³/mol. The first kappa shape index (κ1) is 25.9. The Balaban J connectivity index is 1.71. The summed E-state index contributed by atoms with van der Waals surface area (Å²) in [5.74, 6) is -0.802. The van der Waals surface area contributed by atoms with E-state index in [1.807, 2.05) is 0 Å². The molecule has 1 aliphatic heterocycles. The van der Waals surface area contributed by atoms with Crippen molar-refractivity contribution in [2.75, 3.05) is 0 Å². The summed E-state index contributed by atoms with van der Waals surface area (Å²) in [5.41, 5.74) is 0. The molecule has 3 nitrogen and oxygen atoms in total. The molecule has 1 saturated heterocycles. The molecule has 1 fully saturated rings. The van der Waals surface area contributed by atoms with Gasteiger partial charge in [0.1, 0.15) is 0 Å². The average molecular weight is 407 g/mol. The van der Waals surface area contributed by atoms with Crippen LogP contribution in [0.25, 0.3) is 0 Å². The molecule has 1 heterocycles. The third-order valence-corrected chi connectivity index (χ3v) is 6.03. The molecule has 1 aliphatic rings. The number of cyclic esters (lactones) is 2. The lowest BCUT2D eigenvalue weighted by molar-refractivity contribution is -0.153. The van der Waals surface area contributed by atoms with Gasteiger partial charge in [0, 0.05) is 0 Å². The van der Waals surface area contributed by atoms with Gasteiger partial charge in [-0.3, -0.25) is 9.59 Å². The Kier molecular flexibility index (Phi) is 16.9. The van der Waals surface area contributed by atoms with Crippen LogP contribution in [-0.2, 0) is 14.3 Å². The van der Waals surface area contributed by atoms with Crippen molar-refractivity contribution in [3.63, 3.8) is 0 Å². The van der Waals surface area contributed by atoms with E-state index in [0.29, 0.717) is 6.42 Å². The van der Waals surface area contributed by atoms with Gasteiger partial charge in [-0.1, -0.05) is 109 Å². The lowest BCUT2D eigenvalue weighted by Gasteiger charge is -2.05. The molecule has 0 aliphatic carbocycles. The highest BCUT2D eigenvalue weighted by molar-refractivity contribution is 5.94. The summed E-state index contributed by atoms with van der Waals surface area (Å²) in [6.07, 6.45) is 29.7. The second kappa shape index (κ2) is 18.9. The van der Waals surface area contributed by atoms with Crippen LogP contribution in [0.3, 0.4) is 0 Å². The number of ether oxygens (including phenoxy) is 1. The smallest absolute Gasteiger partial charge is 0.317 e. The first-order valence-electron chi connectivity index (χ1n) is 12.6. The number of unbranched alkanes of at least 4 members (excludes halogenated alkanes) is 16. The molecule has 0 aromatic heterocycles. The standard InChI is InChI=1S/C26H46O3/c1-2-3-4-5-6-7-8-9-10-11-12-13-14-15-16-17-18-19-20-21-22-24-23-25(27)29-26(24)28/h7-8,24H,2-6,9-23H2,1H3/b8-7+. The predicted octanol–water partition coefficient (Wildman–Crippen LogP) is 8.06. The van der Waals surface area contributed by atoms with E-state index in [2.05, 4.69) is 23.8 Å². The van der Waals surface area contributed by atoms with Gasteiger partial charge in [-0.05, 0) is 32.1 Å². The van der Waals surface area contributed by atoms with Crippen molar-refractivity contribution in [3.8, 4) is 0 Å². The van der Waals surface area contributed by atoms with Gasteiger partial charge in [0.25, 0.3) is 0 Å². The minimum atomic E-state index is -0.343. The van der Waals surface area contributed by atoms with E-state index in [1.54, 1.807) is 0 Å². The van der Waals surface area contributed by atoms with E-state index >= 15 is 0 Å². The van der Waals surface area contributed by atoms with Crippen molar-refractivity contribution in [1.82, 2.24) is 0 Å². The summed E-state index contributed by atoms with van der Waals surface area (Å²) in [7, 11) is 0. The number of carbonyl (C=O) groups is 2. The van der Waals surface area contributed by atoms with E-state index in [1.165, 1.54) is 109 Å². The van der Waals surface area contributed by atoms with Crippen molar-refractivity contribution < 1.29 is 14.3 Å². The fourth-order valence-electron chi connectivity index (χ4n) is 4.09. The number of esters is 2. The zero-order valence-corrected chi connectivity index (χ0v) is 19.1. The van der Waals surface area contributed by atoms with Crippen molar-refractivity contribution in [2.24, 2.45) is 5.92 Å². The Hall–Kier alpha value is -1.12. The molecule has 0 saturated carbocycles. The van der Waals surface area contributed by atoms with Crippen molar-refractivity contribution in [2.45, 2.75) is 135 Å². The highest BCUT2D eigenvalue weighted by Crippen LogP contribution is 2.22. The third-order valence-electron chi connectivity index (χ3n) is 6.03. The molecular weight excluding hydrogens is 360 g/mol. The second-order valence-corrected chi connectivity index (χ2v) is 8.83. The maximum absolute atomic E-state index is 11.4. The van der Waals surface area contributed by atoms with Crippen LogP contribution >= 0.6 is 0 Å². The van der Waals surface area contributed by atoms with Gasteiger partial charge in [0.2, 0.25) is 0 Å². The monoisotopic (exact) mass is 406 g/mol. The molecule has 29 heavy (non-hydrogen) atoms. The average Bonchev–Trinajstić information content (AvgIpc) is 3.03. The fourth-order valence-corrected chi connectivity index (χ4v) is 4.09. The van der Waals surface area contributed by atoms with E-state index in [4.69, 9.17) is 0 Å². The Morgan fingerprint density at radius 1 is 0.690 bits per heavy atom. The quantitative estimate of drug-likeness (QED) is 0.0888. The van der Waals surface area contributed by atoms with Crippen LogP contribution < -0.4 is 0 Å². The molecule has 0 aromatic carbocycles. The maximum Gasteiger partial charge on any atom is 0.317 e. The Morgan fingerprint density at radius 3 is 1.59 bits per heavy atom. The third kappa shape index (κ3) is 15.4. The molecule has 1 unspecified atom stereocenters. The van der Waals surface area contributed by atoms with Crippen LogP contribution in [0.1, 0.15) is 135 Å². The molecule has 0 bridgehead atoms. The lowest BCUT2D eigenvalue weighted by Crippen LogP contribution is -2.06. The Labute approximate surface area is 180 Å². The van der Waals surface area contributed by atoms with Gasteiger partial charge in [-0.2, -0.15) is 0 Å². The van der Waals surface area contributed by atoms with Gasteiger partial charge in [0.05, 0.1) is 12.3 Å². The first-order chi connectivity index (χ1) is 14.2.